The summed E-state index contributed by atoms with van der Waals surface area (Å²) in [6.07, 6.45) is 2.56. The fourth-order valence-electron chi connectivity index (χ4n) is 3.08. The number of hydrogen-bond acceptors (Lipinski definition) is 3. The molecule has 1 saturated heterocycles. The van der Waals surface area contributed by atoms with Gasteiger partial charge in [0.25, 0.3) is 0 Å². The molecular weight excluding hydrogens is 268 g/mol. The van der Waals surface area contributed by atoms with Crippen LogP contribution in [0, 0.1) is 5.92 Å². The first-order valence-corrected chi connectivity index (χ1v) is 7.64. The van der Waals surface area contributed by atoms with Crippen molar-refractivity contribution < 1.29 is 4.74 Å². The van der Waals surface area contributed by atoms with Gasteiger partial charge >= 0.3 is 0 Å². The van der Waals surface area contributed by atoms with E-state index in [0.717, 1.165) is 24.4 Å². The fourth-order valence-corrected chi connectivity index (χ4v) is 3.20. The van der Waals surface area contributed by atoms with Crippen molar-refractivity contribution in [2.45, 2.75) is 39.3 Å². The van der Waals surface area contributed by atoms with Gasteiger partial charge < -0.3 is 10.5 Å². The molecule has 20 heavy (non-hydrogen) atoms. The summed E-state index contributed by atoms with van der Waals surface area (Å²) in [5.74, 6) is 1.60. The summed E-state index contributed by atoms with van der Waals surface area (Å²) in [5.41, 5.74) is 7.82. The summed E-state index contributed by atoms with van der Waals surface area (Å²) in [6.45, 7) is 6.66. The molecule has 4 heteroatoms. The third-order valence-corrected chi connectivity index (χ3v) is 4.36. The zero-order chi connectivity index (χ0) is 14.7. The zero-order valence-corrected chi connectivity index (χ0v) is 13.4. The van der Waals surface area contributed by atoms with Crippen molar-refractivity contribution in [3.8, 4) is 5.75 Å². The van der Waals surface area contributed by atoms with Crippen LogP contribution in [0.3, 0.4) is 0 Å². The molecule has 110 valence electrons. The molecule has 0 aromatic heterocycles. The maximum Gasteiger partial charge on any atom is 0.123 e. The van der Waals surface area contributed by atoms with Crippen molar-refractivity contribution >= 4 is 17.2 Å². The Hall–Kier alpha value is -1.13. The third kappa shape index (κ3) is 3.30. The fraction of sp³-hybridized carbons (Fsp3) is 0.562. The van der Waals surface area contributed by atoms with Crippen LogP contribution in [-0.4, -0.2) is 29.6 Å². The van der Waals surface area contributed by atoms with Crippen LogP contribution >= 0.6 is 12.2 Å². The van der Waals surface area contributed by atoms with Gasteiger partial charge in [-0.25, -0.2) is 0 Å². The lowest BCUT2D eigenvalue weighted by Gasteiger charge is -2.28. The standard InChI is InChI=1S/C16H24N2OS/c1-11(2)14-5-4-8-18(14)10-13-9-12(16(17)20)6-7-15(13)19-3/h6-7,9,11,14H,4-5,8,10H2,1-3H3,(H2,17,20). The number of methoxy groups -OCH3 is 1. The quantitative estimate of drug-likeness (QED) is 0.847. The van der Waals surface area contributed by atoms with Gasteiger partial charge in [0.15, 0.2) is 0 Å². The van der Waals surface area contributed by atoms with E-state index < -0.39 is 0 Å². The highest BCUT2D eigenvalue weighted by Crippen LogP contribution is 2.29. The van der Waals surface area contributed by atoms with Crippen molar-refractivity contribution in [2.75, 3.05) is 13.7 Å². The number of likely N-dealkylation sites (tertiary alicyclic amines) is 1. The van der Waals surface area contributed by atoms with Crippen LogP contribution in [0.1, 0.15) is 37.8 Å². The second-order valence-electron chi connectivity index (χ2n) is 5.81. The first-order chi connectivity index (χ1) is 9.52. The smallest absolute Gasteiger partial charge is 0.123 e. The molecule has 1 heterocycles. The van der Waals surface area contributed by atoms with Gasteiger partial charge in [-0.3, -0.25) is 4.90 Å². The number of rotatable bonds is 5. The van der Waals surface area contributed by atoms with E-state index in [1.54, 1.807) is 7.11 Å². The highest BCUT2D eigenvalue weighted by molar-refractivity contribution is 7.80. The molecule has 0 spiro atoms. The van der Waals surface area contributed by atoms with Gasteiger partial charge in [0.1, 0.15) is 10.7 Å². The van der Waals surface area contributed by atoms with E-state index in [2.05, 4.69) is 24.8 Å². The normalized spacial score (nSPS) is 19.5. The van der Waals surface area contributed by atoms with E-state index in [4.69, 9.17) is 22.7 Å². The number of thiocarbonyl (C=S) groups is 1. The van der Waals surface area contributed by atoms with E-state index in [9.17, 15) is 0 Å². The number of benzene rings is 1. The number of nitrogens with two attached hydrogens (primary N) is 1. The zero-order valence-electron chi connectivity index (χ0n) is 12.6. The molecule has 0 bridgehead atoms. The minimum absolute atomic E-state index is 0.440. The Labute approximate surface area is 127 Å². The molecule has 1 atom stereocenters. The van der Waals surface area contributed by atoms with E-state index >= 15 is 0 Å². The van der Waals surface area contributed by atoms with E-state index in [1.807, 2.05) is 12.1 Å². The second kappa shape index (κ2) is 6.55. The van der Waals surface area contributed by atoms with Crippen LogP contribution in [0.2, 0.25) is 0 Å². The molecule has 0 aliphatic carbocycles. The van der Waals surface area contributed by atoms with E-state index in [1.165, 1.54) is 18.4 Å². The van der Waals surface area contributed by atoms with Crippen molar-refractivity contribution in [3.05, 3.63) is 29.3 Å². The molecule has 0 amide bonds. The van der Waals surface area contributed by atoms with Crippen LogP contribution in [0.15, 0.2) is 18.2 Å². The van der Waals surface area contributed by atoms with Gasteiger partial charge in [0.05, 0.1) is 7.11 Å². The molecule has 0 saturated carbocycles. The number of ether oxygens (including phenoxy) is 1. The Morgan fingerprint density at radius 3 is 2.85 bits per heavy atom. The van der Waals surface area contributed by atoms with Gasteiger partial charge in [-0.05, 0) is 43.5 Å². The lowest BCUT2D eigenvalue weighted by atomic mass is 10.0. The molecule has 0 radical (unpaired) electrons. The molecule has 1 aromatic rings. The summed E-state index contributed by atoms with van der Waals surface area (Å²) in [4.78, 5) is 2.99. The van der Waals surface area contributed by atoms with Crippen LogP contribution in [-0.2, 0) is 6.54 Å². The average Bonchev–Trinajstić information content (AvgIpc) is 2.87. The predicted octanol–water partition coefficient (Wildman–Crippen LogP) is 2.95. The van der Waals surface area contributed by atoms with E-state index in [0.29, 0.717) is 16.9 Å². The highest BCUT2D eigenvalue weighted by atomic mass is 32.1. The number of hydrogen-bond donors (Lipinski definition) is 1. The Bertz CT molecular complexity index is 487. The SMILES string of the molecule is COc1ccc(C(N)=S)cc1CN1CCCC1C(C)C. The molecule has 1 unspecified atom stereocenters. The summed E-state index contributed by atoms with van der Waals surface area (Å²) in [6, 6.07) is 6.61. The van der Waals surface area contributed by atoms with E-state index in [-0.39, 0.29) is 0 Å². The minimum atomic E-state index is 0.440. The minimum Gasteiger partial charge on any atom is -0.496 e. The summed E-state index contributed by atoms with van der Waals surface area (Å²) < 4.78 is 5.48. The Kier molecular flexibility index (Phi) is 5.00. The molecule has 1 aliphatic rings. The topological polar surface area (TPSA) is 38.5 Å². The van der Waals surface area contributed by atoms with Crippen molar-refractivity contribution in [1.82, 2.24) is 4.90 Å². The van der Waals surface area contributed by atoms with Crippen molar-refractivity contribution in [1.29, 1.82) is 0 Å². The Morgan fingerprint density at radius 2 is 2.25 bits per heavy atom. The van der Waals surface area contributed by atoms with Gasteiger partial charge in [-0.2, -0.15) is 0 Å². The third-order valence-electron chi connectivity index (χ3n) is 4.12. The monoisotopic (exact) mass is 292 g/mol. The first-order valence-electron chi connectivity index (χ1n) is 7.23. The predicted molar refractivity (Wildman–Crippen MR) is 87.2 cm³/mol. The maximum atomic E-state index is 5.73. The van der Waals surface area contributed by atoms with Crippen LogP contribution in [0.4, 0.5) is 0 Å². The average molecular weight is 292 g/mol. The highest BCUT2D eigenvalue weighted by Gasteiger charge is 2.27. The molecule has 1 aromatic carbocycles. The van der Waals surface area contributed by atoms with Gasteiger partial charge in [0, 0.05) is 23.7 Å². The molecule has 2 N–H and O–H groups in total. The summed E-state index contributed by atoms with van der Waals surface area (Å²) in [7, 11) is 1.71. The van der Waals surface area contributed by atoms with Gasteiger partial charge in [-0.1, -0.05) is 26.1 Å². The Morgan fingerprint density at radius 1 is 1.50 bits per heavy atom. The van der Waals surface area contributed by atoms with Crippen LogP contribution in [0.5, 0.6) is 5.75 Å². The largest absolute Gasteiger partial charge is 0.496 e. The second-order valence-corrected chi connectivity index (χ2v) is 6.25. The summed E-state index contributed by atoms with van der Waals surface area (Å²) >= 11 is 5.07. The number of nitrogens with zero attached hydrogens (tertiary/aromatic N) is 1. The first kappa shape index (κ1) is 15.3. The molecular formula is C16H24N2OS. The maximum absolute atomic E-state index is 5.73. The van der Waals surface area contributed by atoms with Gasteiger partial charge in [-0.15, -0.1) is 0 Å². The lowest BCUT2D eigenvalue weighted by Crippen LogP contribution is -2.33. The molecule has 1 fully saturated rings. The van der Waals surface area contributed by atoms with Crippen molar-refractivity contribution in [3.63, 3.8) is 0 Å². The van der Waals surface area contributed by atoms with Crippen LogP contribution < -0.4 is 10.5 Å². The van der Waals surface area contributed by atoms with Gasteiger partial charge in [0.2, 0.25) is 0 Å². The van der Waals surface area contributed by atoms with Crippen molar-refractivity contribution in [2.24, 2.45) is 11.7 Å². The van der Waals surface area contributed by atoms with Crippen LogP contribution in [0.25, 0.3) is 0 Å². The lowest BCUT2D eigenvalue weighted by molar-refractivity contribution is 0.196. The Balaban J connectivity index is 2.23. The molecule has 1 aliphatic heterocycles. The molecule has 2 rings (SSSR count). The molecule has 3 nitrogen and oxygen atoms in total. The summed E-state index contributed by atoms with van der Waals surface area (Å²) in [5, 5.41) is 0.